The van der Waals surface area contributed by atoms with Crippen LogP contribution in [0.1, 0.15) is 5.56 Å². The first-order valence-corrected chi connectivity index (χ1v) is 8.29. The molecule has 6 heteroatoms. The van der Waals surface area contributed by atoms with Crippen LogP contribution < -0.4 is 10.6 Å². The Labute approximate surface area is 113 Å². The molecule has 0 fully saturated rings. The largest absolute Gasteiger partial charge is 0.384 e. The minimum atomic E-state index is -3.03. The van der Waals surface area contributed by atoms with Gasteiger partial charge in [-0.1, -0.05) is 18.2 Å². The van der Waals surface area contributed by atoms with Crippen molar-refractivity contribution < 1.29 is 13.2 Å². The van der Waals surface area contributed by atoms with Gasteiger partial charge < -0.3 is 10.6 Å². The van der Waals surface area contributed by atoms with E-state index in [0.29, 0.717) is 13.0 Å². The average molecular weight is 282 g/mol. The maximum Gasteiger partial charge on any atom is 0.225 e. The van der Waals surface area contributed by atoms with E-state index in [0.717, 1.165) is 17.5 Å². The summed E-state index contributed by atoms with van der Waals surface area (Å²) in [6.45, 7) is 0.761. The highest BCUT2D eigenvalue weighted by atomic mass is 32.2. The molecule has 2 rings (SSSR count). The van der Waals surface area contributed by atoms with Gasteiger partial charge >= 0.3 is 0 Å². The molecule has 0 radical (unpaired) electrons. The molecule has 0 bridgehead atoms. The van der Waals surface area contributed by atoms with Crippen molar-refractivity contribution in [3.63, 3.8) is 0 Å². The smallest absolute Gasteiger partial charge is 0.225 e. The van der Waals surface area contributed by atoms with Crippen LogP contribution in [-0.2, 0) is 21.1 Å². The fourth-order valence-electron chi connectivity index (χ4n) is 2.13. The zero-order chi connectivity index (χ0) is 13.9. The van der Waals surface area contributed by atoms with Gasteiger partial charge in [-0.15, -0.1) is 0 Å². The molecule has 2 N–H and O–H groups in total. The summed E-state index contributed by atoms with van der Waals surface area (Å²) in [6, 6.07) is 7.90. The Morgan fingerprint density at radius 2 is 2.16 bits per heavy atom. The summed E-state index contributed by atoms with van der Waals surface area (Å²) >= 11 is 0. The van der Waals surface area contributed by atoms with E-state index in [2.05, 4.69) is 10.6 Å². The maximum atomic E-state index is 11.9. The average Bonchev–Trinajstić information content (AvgIpc) is 2.36. The van der Waals surface area contributed by atoms with Gasteiger partial charge in [-0.25, -0.2) is 8.42 Å². The number of fused-ring (bicyclic) bond motifs is 1. The third-order valence-corrected chi connectivity index (χ3v) is 4.11. The quantitative estimate of drug-likeness (QED) is 0.840. The molecule has 0 spiro atoms. The standard InChI is InChI=1S/C13H18N2O3S/c1-19(17,18)7-6-14-13(16)11-8-10-4-2-3-5-12(10)15-9-11/h2-5,11,15H,6-9H2,1H3,(H,14,16). The minimum absolute atomic E-state index is 0.0184. The number of hydrogen-bond acceptors (Lipinski definition) is 4. The number of rotatable bonds is 4. The number of benzene rings is 1. The lowest BCUT2D eigenvalue weighted by Gasteiger charge is -2.25. The lowest BCUT2D eigenvalue weighted by molar-refractivity contribution is -0.124. The van der Waals surface area contributed by atoms with Crippen LogP contribution in [0.5, 0.6) is 0 Å². The minimum Gasteiger partial charge on any atom is -0.384 e. The van der Waals surface area contributed by atoms with E-state index in [4.69, 9.17) is 0 Å². The topological polar surface area (TPSA) is 75.3 Å². The van der Waals surface area contributed by atoms with Gasteiger partial charge in [-0.05, 0) is 18.1 Å². The molecule has 1 heterocycles. The summed E-state index contributed by atoms with van der Waals surface area (Å²) in [5.74, 6) is -0.254. The van der Waals surface area contributed by atoms with E-state index < -0.39 is 9.84 Å². The maximum absolute atomic E-state index is 11.9. The summed E-state index contributed by atoms with van der Waals surface area (Å²) in [6.07, 6.45) is 1.85. The Balaban J connectivity index is 1.89. The monoisotopic (exact) mass is 282 g/mol. The molecule has 0 saturated carbocycles. The van der Waals surface area contributed by atoms with Crippen molar-refractivity contribution in [1.82, 2.24) is 5.32 Å². The second kappa shape index (κ2) is 5.61. The number of amides is 1. The Morgan fingerprint density at radius 3 is 2.89 bits per heavy atom. The summed E-state index contributed by atoms with van der Waals surface area (Å²) in [5.41, 5.74) is 2.19. The van der Waals surface area contributed by atoms with Gasteiger partial charge in [0.15, 0.2) is 0 Å². The molecule has 1 amide bonds. The molecule has 19 heavy (non-hydrogen) atoms. The summed E-state index contributed by atoms with van der Waals surface area (Å²) in [4.78, 5) is 11.9. The highest BCUT2D eigenvalue weighted by Crippen LogP contribution is 2.24. The van der Waals surface area contributed by atoms with E-state index in [-0.39, 0.29) is 24.1 Å². The molecule has 1 unspecified atom stereocenters. The van der Waals surface area contributed by atoms with Crippen molar-refractivity contribution in [3.05, 3.63) is 29.8 Å². The first-order valence-electron chi connectivity index (χ1n) is 6.23. The van der Waals surface area contributed by atoms with E-state index in [1.54, 1.807) is 0 Å². The van der Waals surface area contributed by atoms with E-state index >= 15 is 0 Å². The Morgan fingerprint density at radius 1 is 1.42 bits per heavy atom. The number of sulfone groups is 1. The van der Waals surface area contributed by atoms with Crippen molar-refractivity contribution in [2.24, 2.45) is 5.92 Å². The van der Waals surface area contributed by atoms with Gasteiger partial charge in [0.2, 0.25) is 5.91 Å². The molecule has 1 aliphatic heterocycles. The SMILES string of the molecule is CS(=O)(=O)CCNC(=O)C1CNc2ccccc2C1. The van der Waals surface area contributed by atoms with Crippen LogP contribution in [-0.4, -0.2) is 39.4 Å². The molecule has 0 saturated heterocycles. The van der Waals surface area contributed by atoms with Crippen molar-refractivity contribution in [3.8, 4) is 0 Å². The molecular weight excluding hydrogens is 264 g/mol. The second-order valence-corrected chi connectivity index (χ2v) is 7.12. The van der Waals surface area contributed by atoms with Crippen LogP contribution in [0.4, 0.5) is 5.69 Å². The van der Waals surface area contributed by atoms with E-state index in [9.17, 15) is 13.2 Å². The van der Waals surface area contributed by atoms with Crippen LogP contribution in [0.2, 0.25) is 0 Å². The van der Waals surface area contributed by atoms with Gasteiger partial charge in [0, 0.05) is 25.0 Å². The number of para-hydroxylation sites is 1. The number of anilines is 1. The molecule has 104 valence electrons. The molecule has 1 aromatic carbocycles. The van der Waals surface area contributed by atoms with E-state index in [1.807, 2.05) is 24.3 Å². The first-order chi connectivity index (χ1) is 8.96. The van der Waals surface area contributed by atoms with Crippen molar-refractivity contribution in [2.45, 2.75) is 6.42 Å². The van der Waals surface area contributed by atoms with Gasteiger partial charge in [-0.3, -0.25) is 4.79 Å². The van der Waals surface area contributed by atoms with Crippen LogP contribution in [0, 0.1) is 5.92 Å². The lowest BCUT2D eigenvalue weighted by atomic mass is 9.93. The van der Waals surface area contributed by atoms with Crippen molar-refractivity contribution >= 4 is 21.4 Å². The summed E-state index contributed by atoms with van der Waals surface area (Å²) in [5, 5.41) is 5.90. The molecule has 5 nitrogen and oxygen atoms in total. The molecule has 1 atom stereocenters. The number of nitrogens with one attached hydrogen (secondary N) is 2. The molecular formula is C13H18N2O3S. The van der Waals surface area contributed by atoms with Gasteiger partial charge in [-0.2, -0.15) is 0 Å². The number of hydrogen-bond donors (Lipinski definition) is 2. The normalized spacial score (nSPS) is 18.3. The van der Waals surface area contributed by atoms with Crippen LogP contribution in [0.15, 0.2) is 24.3 Å². The molecule has 1 aliphatic rings. The second-order valence-electron chi connectivity index (χ2n) is 4.86. The lowest BCUT2D eigenvalue weighted by Crippen LogP contribution is -2.39. The first kappa shape index (κ1) is 13.9. The highest BCUT2D eigenvalue weighted by Gasteiger charge is 2.23. The zero-order valence-corrected chi connectivity index (χ0v) is 11.7. The van der Waals surface area contributed by atoms with E-state index in [1.165, 1.54) is 0 Å². The Hall–Kier alpha value is -1.56. The summed E-state index contributed by atoms with van der Waals surface area (Å²) < 4.78 is 22.0. The molecule has 1 aromatic rings. The van der Waals surface area contributed by atoms with Crippen molar-refractivity contribution in [2.75, 3.05) is 30.4 Å². The Kier molecular flexibility index (Phi) is 4.09. The Bertz CT molecular complexity index is 569. The molecule has 0 aliphatic carbocycles. The van der Waals surface area contributed by atoms with Gasteiger partial charge in [0.25, 0.3) is 0 Å². The van der Waals surface area contributed by atoms with Crippen LogP contribution in [0.3, 0.4) is 0 Å². The third-order valence-electron chi connectivity index (χ3n) is 3.17. The zero-order valence-electron chi connectivity index (χ0n) is 10.8. The number of carbonyl (C=O) groups is 1. The van der Waals surface area contributed by atoms with Crippen LogP contribution in [0.25, 0.3) is 0 Å². The fourth-order valence-corrected chi connectivity index (χ4v) is 2.60. The number of carbonyl (C=O) groups excluding carboxylic acids is 1. The molecule has 0 aromatic heterocycles. The van der Waals surface area contributed by atoms with Gasteiger partial charge in [0.1, 0.15) is 9.84 Å². The van der Waals surface area contributed by atoms with Gasteiger partial charge in [0.05, 0.1) is 11.7 Å². The van der Waals surface area contributed by atoms with Crippen LogP contribution >= 0.6 is 0 Å². The highest BCUT2D eigenvalue weighted by molar-refractivity contribution is 7.90. The predicted molar refractivity (Wildman–Crippen MR) is 74.8 cm³/mol. The third kappa shape index (κ3) is 3.96. The fraction of sp³-hybridized carbons (Fsp3) is 0.462. The predicted octanol–water partition coefficient (Wildman–Crippen LogP) is 0.432. The summed E-state index contributed by atoms with van der Waals surface area (Å²) in [7, 11) is -3.03. The van der Waals surface area contributed by atoms with Crippen molar-refractivity contribution in [1.29, 1.82) is 0 Å².